The highest BCUT2D eigenvalue weighted by atomic mass is 35.5. The first kappa shape index (κ1) is 106. The Bertz CT molecular complexity index is 6220. The van der Waals surface area contributed by atoms with Crippen LogP contribution in [0.1, 0.15) is 142 Å². The van der Waals surface area contributed by atoms with Gasteiger partial charge in [0.1, 0.15) is 59.0 Å². The van der Waals surface area contributed by atoms with E-state index in [1.807, 2.05) is 25.1 Å². The second-order valence-electron chi connectivity index (χ2n) is 34.5. The number of nitro groups is 1. The maximum atomic E-state index is 14.2. The lowest BCUT2D eigenvalue weighted by atomic mass is 9.97. The van der Waals surface area contributed by atoms with Gasteiger partial charge in [-0.1, -0.05) is 79.4 Å². The maximum absolute atomic E-state index is 14.2. The Balaban J connectivity index is 0.000000148. The van der Waals surface area contributed by atoms with E-state index in [4.69, 9.17) is 44.6 Å². The smallest absolute Gasteiger partial charge is 0.409 e. The molecule has 139 heavy (non-hydrogen) atoms. The van der Waals surface area contributed by atoms with E-state index in [-0.39, 0.29) is 81.0 Å². The molecule has 8 aliphatic rings. The Hall–Kier alpha value is -11.7. The number of non-ortho nitro benzene ring substituents is 1. The van der Waals surface area contributed by atoms with Gasteiger partial charge in [0, 0.05) is 105 Å². The highest BCUT2D eigenvalue weighted by molar-refractivity contribution is 7.93. The lowest BCUT2D eigenvalue weighted by molar-refractivity contribution is -0.384. The molecular formula is C102H112Cl3F6N11O15S2. The number of ether oxygens (including phenoxy) is 3. The number of sulfonamides is 2. The van der Waals surface area contributed by atoms with Crippen molar-refractivity contribution in [3.8, 4) is 5.75 Å². The first-order chi connectivity index (χ1) is 66.7. The number of piperidine rings is 4. The van der Waals surface area contributed by atoms with Crippen LogP contribution in [0.2, 0.25) is 10.0 Å². The summed E-state index contributed by atoms with van der Waals surface area (Å²) in [6.07, 6.45) is 19.1. The van der Waals surface area contributed by atoms with Gasteiger partial charge in [-0.2, -0.15) is 0 Å². The van der Waals surface area contributed by atoms with Crippen molar-refractivity contribution < 1.29 is 91.7 Å². The third-order valence-electron chi connectivity index (χ3n) is 25.1. The van der Waals surface area contributed by atoms with Gasteiger partial charge in [-0.05, 0) is 323 Å². The number of hydrogen-bond donors (Lipinski definition) is 5. The number of likely N-dealkylation sites (tertiary alicyclic amines) is 3. The molecular weight excluding hydrogens is 1900 g/mol. The number of nitrogens with zero attached hydrogens (tertiary/aromatic N) is 8. The Morgan fingerprint density at radius 1 is 0.511 bits per heavy atom. The SMILES string of the molecule is C1CCN(C2CCNCC2)CC1.CCC1CCc2ccc(F)cc2N1.COC(=O)C1CCc2ccc(F)cc2N1.Cc1ccc2ccc(F)cc2n1.O=C(Cl)Oc1ccc([N+](=O)[O-])cc1.O=C(O)c1ccc2ccc(F)cc2n1.O=C(OCC1CCc2ccc(F)cc2N1S(=O)(=O)c1ccc(Cl)cc1)N1CCC(N2CCCCC2)CC1.O=S(=O)(c1ccc(Cl)cc1)N1c2cc(F)ccc2CCC1CO. The van der Waals surface area contributed by atoms with E-state index >= 15 is 0 Å². The number of amides is 1. The molecule has 11 aromatic rings. The van der Waals surface area contributed by atoms with Crippen LogP contribution in [0.5, 0.6) is 5.75 Å². The Morgan fingerprint density at radius 2 is 0.950 bits per heavy atom. The number of aromatic carboxylic acids is 1. The molecule has 740 valence electrons. The fourth-order valence-electron chi connectivity index (χ4n) is 17.7. The van der Waals surface area contributed by atoms with Gasteiger partial charge in [-0.15, -0.1) is 0 Å². The molecule has 37 heteroatoms. The molecule has 19 rings (SSSR count). The van der Waals surface area contributed by atoms with Crippen molar-refractivity contribution in [3.05, 3.63) is 295 Å². The van der Waals surface area contributed by atoms with Crippen molar-refractivity contribution in [2.75, 3.05) is 91.9 Å². The number of nitrogens with one attached hydrogen (secondary N) is 3. The van der Waals surface area contributed by atoms with E-state index in [1.165, 1.54) is 240 Å². The number of carboxylic acids is 1. The number of anilines is 4. The number of carboxylic acid groups (broad SMARTS) is 1. The molecule has 0 bridgehead atoms. The van der Waals surface area contributed by atoms with Gasteiger partial charge in [-0.25, -0.2) is 67.3 Å². The van der Waals surface area contributed by atoms with Crippen molar-refractivity contribution in [3.63, 3.8) is 0 Å². The highest BCUT2D eigenvalue weighted by Gasteiger charge is 2.40. The van der Waals surface area contributed by atoms with E-state index < -0.39 is 72.0 Å². The van der Waals surface area contributed by atoms with E-state index in [0.717, 1.165) is 106 Å². The second kappa shape index (κ2) is 50.9. The summed E-state index contributed by atoms with van der Waals surface area (Å²) in [7, 11) is -6.62. The molecule has 4 atom stereocenters. The molecule has 4 unspecified atom stereocenters. The number of benzene rings is 9. The van der Waals surface area contributed by atoms with Crippen LogP contribution in [0.4, 0.5) is 64.4 Å². The summed E-state index contributed by atoms with van der Waals surface area (Å²) in [6.45, 7) is 12.4. The number of fused-ring (bicyclic) bond motifs is 6. The number of pyridine rings is 2. The van der Waals surface area contributed by atoms with Crippen LogP contribution in [0.3, 0.4) is 0 Å². The number of carbonyl (C=O) groups is 4. The average Bonchev–Trinajstić information content (AvgIpc) is 0.754. The summed E-state index contributed by atoms with van der Waals surface area (Å²) in [5.74, 6) is -3.39. The molecule has 0 spiro atoms. The van der Waals surface area contributed by atoms with Crippen LogP contribution in [0.25, 0.3) is 21.8 Å². The van der Waals surface area contributed by atoms with Crippen molar-refractivity contribution >= 4 is 129 Å². The first-order valence-corrected chi connectivity index (χ1v) is 50.3. The number of halogens is 9. The number of nitro benzene ring substituents is 1. The topological polar surface area (TPSA) is 326 Å². The van der Waals surface area contributed by atoms with Crippen molar-refractivity contribution in [2.24, 2.45) is 0 Å². The fraction of sp³-hybridized carbons (Fsp3) is 0.373. The zero-order valence-electron chi connectivity index (χ0n) is 77.1. The van der Waals surface area contributed by atoms with Crippen LogP contribution in [-0.2, 0) is 60.0 Å². The molecule has 4 fully saturated rings. The van der Waals surface area contributed by atoms with Crippen LogP contribution in [0.15, 0.2) is 216 Å². The summed E-state index contributed by atoms with van der Waals surface area (Å²) in [5, 5.41) is 40.7. The molecule has 0 saturated carbocycles. The Kier molecular flexibility index (Phi) is 38.9. The maximum Gasteiger partial charge on any atom is 0.409 e. The zero-order valence-corrected chi connectivity index (χ0v) is 81.0. The number of aromatic nitrogens is 2. The molecule has 0 radical (unpaired) electrons. The third-order valence-corrected chi connectivity index (χ3v) is 29.5. The van der Waals surface area contributed by atoms with Crippen molar-refractivity contribution in [1.82, 2.24) is 30.0 Å². The van der Waals surface area contributed by atoms with Gasteiger partial charge in [0.15, 0.2) is 0 Å². The number of esters is 1. The standard InChI is InChI=1S/C27H33ClFN3O4S.C16H15ClFNO3S.C11H12FNO2.C11H14FN.C10H6FNO2.C10H8FN.C10H20N2.C7H4ClNO4/c28-21-6-10-25(11-7-21)37(34,35)32-24(9-5-20-4-8-22(29)18-26(20)32)19-36-27(33)31-16-12-23(13-17-31)30-14-2-1-3-15-30;17-12-3-7-15(8-4-12)23(21,22)19-14(10-20)6-2-11-1-5-13(18)9-16(11)19;1-15-11(14)9-5-3-7-2-4-8(12)6-10(7)13-9;1-2-10-6-4-8-3-5-9(12)7-11(8)13-10;11-7-3-1-6-2-4-8(10(13)14)12-9(6)5-7;1-7-2-3-8-4-5-9(11)6-10(8)12-7;1-2-8-12(9-3-1)10-4-6-11-7-5-10;8-7(10)13-6-3-1-5(2-4-6)9(11)12/h4,6-8,10-11,18,23-24H,1-3,5,9,12-17,19H2;1,3-5,7-9,14,20H,2,6,10H2;2,4,6,9,13H,3,5H2,1H3;3,5,7,10,13H,2,4,6H2,1H3;1-5H,(H,13,14);2-6H,1H3;10-11H,1-9H2;1-4H. The van der Waals surface area contributed by atoms with E-state index in [1.54, 1.807) is 47.4 Å². The molecule has 1 amide bonds. The highest BCUT2D eigenvalue weighted by Crippen LogP contribution is 2.40. The first-order valence-electron chi connectivity index (χ1n) is 46.2. The van der Waals surface area contributed by atoms with E-state index in [9.17, 15) is 77.6 Å². The quantitative estimate of drug-likeness (QED) is 0.0222. The zero-order chi connectivity index (χ0) is 99.5. The van der Waals surface area contributed by atoms with Gasteiger partial charge in [0.2, 0.25) is 0 Å². The van der Waals surface area contributed by atoms with Crippen molar-refractivity contribution in [2.45, 2.75) is 182 Å². The number of aliphatic hydroxyl groups is 1. The van der Waals surface area contributed by atoms with Crippen LogP contribution < -0.4 is 29.3 Å². The number of hydrogen-bond acceptors (Lipinski definition) is 21. The molecule has 10 heterocycles. The number of aryl methyl sites for hydroxylation is 5. The average molecular weight is 2020 g/mol. The molecule has 0 aliphatic carbocycles. The largest absolute Gasteiger partial charge is 0.477 e. The second-order valence-corrected chi connectivity index (χ2v) is 39.3. The summed E-state index contributed by atoms with van der Waals surface area (Å²) >= 11 is 16.7. The number of methoxy groups -OCH3 is 1. The van der Waals surface area contributed by atoms with Crippen LogP contribution in [0, 0.1) is 51.9 Å². The summed E-state index contributed by atoms with van der Waals surface area (Å²) < 4.78 is 150. The van der Waals surface area contributed by atoms with Crippen molar-refractivity contribution in [1.29, 1.82) is 0 Å². The molecule has 8 aliphatic heterocycles. The molecule has 9 aromatic carbocycles. The lowest BCUT2D eigenvalue weighted by Crippen LogP contribution is -2.50. The lowest BCUT2D eigenvalue weighted by Gasteiger charge is -2.40. The van der Waals surface area contributed by atoms with Crippen LogP contribution >= 0.6 is 34.8 Å². The van der Waals surface area contributed by atoms with Gasteiger partial charge >= 0.3 is 23.5 Å². The minimum atomic E-state index is -4.05. The Labute approximate surface area is 819 Å². The van der Waals surface area contributed by atoms with Crippen LogP contribution in [-0.4, -0.2) is 189 Å². The van der Waals surface area contributed by atoms with Gasteiger partial charge < -0.3 is 55.1 Å². The molecule has 26 nitrogen and oxygen atoms in total. The molecule has 5 N–H and O–H groups in total. The summed E-state index contributed by atoms with van der Waals surface area (Å²) in [5.41, 5.74) is 6.85. The van der Waals surface area contributed by atoms with Gasteiger partial charge in [-0.3, -0.25) is 23.7 Å². The minimum Gasteiger partial charge on any atom is -0.477 e. The Morgan fingerprint density at radius 3 is 1.44 bits per heavy atom. The number of aliphatic hydroxyl groups excluding tert-OH is 1. The minimum absolute atomic E-state index is 0.0464. The summed E-state index contributed by atoms with van der Waals surface area (Å²) in [4.78, 5) is 69.8. The monoisotopic (exact) mass is 2010 g/mol. The summed E-state index contributed by atoms with van der Waals surface area (Å²) in [6, 6.07) is 50.4. The molecule has 2 aromatic heterocycles. The normalized spacial score (nSPS) is 18.0. The fourth-order valence-corrected chi connectivity index (χ4v) is 21.5. The predicted molar refractivity (Wildman–Crippen MR) is 526 cm³/mol. The van der Waals surface area contributed by atoms with E-state index in [2.05, 4.69) is 52.1 Å². The van der Waals surface area contributed by atoms with Gasteiger partial charge in [0.25, 0.3) is 25.7 Å². The predicted octanol–water partition coefficient (Wildman–Crippen LogP) is 21.1. The number of rotatable bonds is 14. The molecule has 4 saturated heterocycles. The third kappa shape index (κ3) is 29.9. The van der Waals surface area contributed by atoms with Gasteiger partial charge in [0.05, 0.1) is 62.9 Å². The number of carbonyl (C=O) groups excluding carboxylic acids is 3. The van der Waals surface area contributed by atoms with E-state index in [0.29, 0.717) is 78.5 Å².